The van der Waals surface area contributed by atoms with E-state index in [9.17, 15) is 4.53 Å². The van der Waals surface area contributed by atoms with Crippen LogP contribution in [0, 0.1) is 5.92 Å². The lowest BCUT2D eigenvalue weighted by molar-refractivity contribution is -0.143. The molecule has 0 N–H and O–H groups in total. The third-order valence-corrected chi connectivity index (χ3v) is 1.58. The quantitative estimate of drug-likeness (QED) is 0.547. The van der Waals surface area contributed by atoms with Crippen LogP contribution in [0.2, 0.25) is 0 Å². The van der Waals surface area contributed by atoms with Crippen molar-refractivity contribution < 1.29 is 9.47 Å². The molecule has 3 heteroatoms. The first-order valence-electron chi connectivity index (χ1n) is 3.04. The largest absolute Gasteiger partial charge is 0.194 e. The Morgan fingerprint density at radius 1 is 1.56 bits per heavy atom. The maximum atomic E-state index is 11.2. The molecular formula is C6H12FIO. The lowest BCUT2D eigenvalue weighted by atomic mass is 10.1. The Morgan fingerprint density at radius 3 is 2.44 bits per heavy atom. The summed E-state index contributed by atoms with van der Waals surface area (Å²) in [6.07, 6.45) is 1.02. The first-order chi connectivity index (χ1) is 4.16. The standard InChI is InChI=1S/C6H12FIO/c1-5(4-9-7)3-6(2)8/h5-6H,3-4H2,1-2H3. The van der Waals surface area contributed by atoms with E-state index in [1.807, 2.05) is 6.92 Å². The van der Waals surface area contributed by atoms with Crippen molar-refractivity contribution in [2.45, 2.75) is 24.2 Å². The van der Waals surface area contributed by atoms with Gasteiger partial charge in [-0.05, 0) is 16.9 Å². The summed E-state index contributed by atoms with van der Waals surface area (Å²) in [5.41, 5.74) is 0. The van der Waals surface area contributed by atoms with E-state index in [-0.39, 0.29) is 6.61 Å². The van der Waals surface area contributed by atoms with E-state index in [0.717, 1.165) is 6.42 Å². The van der Waals surface area contributed by atoms with Gasteiger partial charge in [0.2, 0.25) is 0 Å². The zero-order valence-electron chi connectivity index (χ0n) is 5.73. The predicted molar refractivity (Wildman–Crippen MR) is 44.3 cm³/mol. The van der Waals surface area contributed by atoms with Crippen LogP contribution in [0.5, 0.6) is 0 Å². The fourth-order valence-electron chi connectivity index (χ4n) is 0.730. The van der Waals surface area contributed by atoms with E-state index >= 15 is 0 Å². The molecule has 9 heavy (non-hydrogen) atoms. The molecule has 0 aromatic carbocycles. The molecule has 0 bridgehead atoms. The van der Waals surface area contributed by atoms with Crippen LogP contribution >= 0.6 is 22.6 Å². The molecule has 0 aliphatic rings. The zero-order chi connectivity index (χ0) is 7.28. The number of rotatable bonds is 4. The van der Waals surface area contributed by atoms with E-state index in [2.05, 4.69) is 34.5 Å². The molecule has 0 heterocycles. The molecular weight excluding hydrogens is 234 g/mol. The second-order valence-electron chi connectivity index (χ2n) is 2.40. The molecule has 0 saturated heterocycles. The third-order valence-electron chi connectivity index (χ3n) is 1.07. The average Bonchev–Trinajstić information content (AvgIpc) is 1.63. The normalized spacial score (nSPS) is 17.3. The summed E-state index contributed by atoms with van der Waals surface area (Å²) in [5.74, 6) is 0.335. The van der Waals surface area contributed by atoms with Crippen LogP contribution in [0.25, 0.3) is 0 Å². The molecule has 0 saturated carbocycles. The maximum absolute atomic E-state index is 11.2. The molecule has 56 valence electrons. The smallest absolute Gasteiger partial charge is 0.0902 e. The van der Waals surface area contributed by atoms with Gasteiger partial charge < -0.3 is 0 Å². The molecule has 0 rings (SSSR count). The van der Waals surface area contributed by atoms with Crippen LogP contribution in [0.4, 0.5) is 4.53 Å². The summed E-state index contributed by atoms with van der Waals surface area (Å²) in [6, 6.07) is 0. The van der Waals surface area contributed by atoms with Crippen LogP contribution in [0.1, 0.15) is 20.3 Å². The Bertz CT molecular complexity index is 68.1. The topological polar surface area (TPSA) is 9.23 Å². The second-order valence-corrected chi connectivity index (χ2v) is 4.52. The highest BCUT2D eigenvalue weighted by molar-refractivity contribution is 14.1. The monoisotopic (exact) mass is 246 g/mol. The lowest BCUT2D eigenvalue weighted by Crippen LogP contribution is -2.06. The second kappa shape index (κ2) is 5.41. The minimum absolute atomic E-state index is 0.230. The van der Waals surface area contributed by atoms with E-state index < -0.39 is 0 Å². The van der Waals surface area contributed by atoms with Gasteiger partial charge in [-0.3, -0.25) is 0 Å². The van der Waals surface area contributed by atoms with Crippen molar-refractivity contribution in [1.29, 1.82) is 0 Å². The number of hydrogen-bond donors (Lipinski definition) is 0. The minimum atomic E-state index is 0.230. The SMILES string of the molecule is CC(I)CC(C)COF. The van der Waals surface area contributed by atoms with Gasteiger partial charge in [0.15, 0.2) is 0 Å². The van der Waals surface area contributed by atoms with E-state index in [1.54, 1.807) is 0 Å². The van der Waals surface area contributed by atoms with Crippen molar-refractivity contribution in [2.75, 3.05) is 6.61 Å². The first kappa shape index (κ1) is 9.62. The highest BCUT2D eigenvalue weighted by Gasteiger charge is 2.05. The molecule has 0 aliphatic carbocycles. The van der Waals surface area contributed by atoms with Crippen LogP contribution in [-0.4, -0.2) is 10.5 Å². The highest BCUT2D eigenvalue weighted by Crippen LogP contribution is 2.12. The van der Waals surface area contributed by atoms with E-state index in [1.165, 1.54) is 0 Å². The van der Waals surface area contributed by atoms with Crippen molar-refractivity contribution in [2.24, 2.45) is 5.92 Å². The van der Waals surface area contributed by atoms with Gasteiger partial charge in [0, 0.05) is 3.92 Å². The van der Waals surface area contributed by atoms with Crippen LogP contribution in [0.3, 0.4) is 0 Å². The molecule has 0 spiro atoms. The van der Waals surface area contributed by atoms with Crippen LogP contribution < -0.4 is 0 Å². The van der Waals surface area contributed by atoms with E-state index in [4.69, 9.17) is 0 Å². The molecule has 0 radical (unpaired) electrons. The molecule has 2 atom stereocenters. The molecule has 0 aromatic rings. The van der Waals surface area contributed by atoms with Gasteiger partial charge in [-0.15, -0.1) is 0 Å². The van der Waals surface area contributed by atoms with Gasteiger partial charge >= 0.3 is 0 Å². The number of hydrogen-bond acceptors (Lipinski definition) is 1. The van der Waals surface area contributed by atoms with Crippen molar-refractivity contribution in [3.05, 3.63) is 0 Å². The van der Waals surface area contributed by atoms with Gasteiger partial charge in [-0.1, -0.05) is 36.4 Å². The zero-order valence-corrected chi connectivity index (χ0v) is 7.89. The Labute approximate surface area is 69.0 Å². The van der Waals surface area contributed by atoms with Crippen molar-refractivity contribution in [3.8, 4) is 0 Å². The summed E-state index contributed by atoms with van der Waals surface area (Å²) >= 11 is 2.32. The van der Waals surface area contributed by atoms with Gasteiger partial charge in [0.1, 0.15) is 0 Å². The predicted octanol–water partition coefficient (Wildman–Crippen LogP) is 2.74. The number of halogens is 2. The van der Waals surface area contributed by atoms with Crippen molar-refractivity contribution in [1.82, 2.24) is 0 Å². The fraction of sp³-hybridized carbons (Fsp3) is 1.00. The van der Waals surface area contributed by atoms with Crippen molar-refractivity contribution >= 4 is 22.6 Å². The molecule has 0 fully saturated rings. The molecule has 0 aromatic heterocycles. The molecule has 1 nitrogen and oxygen atoms in total. The van der Waals surface area contributed by atoms with E-state index in [0.29, 0.717) is 9.84 Å². The van der Waals surface area contributed by atoms with Crippen LogP contribution in [0.15, 0.2) is 0 Å². The average molecular weight is 246 g/mol. The van der Waals surface area contributed by atoms with Crippen LogP contribution in [-0.2, 0) is 4.94 Å². The van der Waals surface area contributed by atoms with Gasteiger partial charge in [0.05, 0.1) is 6.61 Å². The minimum Gasteiger partial charge on any atom is -0.194 e. The first-order valence-corrected chi connectivity index (χ1v) is 4.29. The summed E-state index contributed by atoms with van der Waals surface area (Å²) < 4.78 is 11.8. The summed E-state index contributed by atoms with van der Waals surface area (Å²) in [6.45, 7) is 4.32. The Balaban J connectivity index is 3.15. The van der Waals surface area contributed by atoms with Gasteiger partial charge in [-0.2, -0.15) is 4.94 Å². The third kappa shape index (κ3) is 6.51. The fourth-order valence-corrected chi connectivity index (χ4v) is 1.60. The summed E-state index contributed by atoms with van der Waals surface area (Å²) in [5, 5.41) is 0. The Morgan fingerprint density at radius 2 is 2.11 bits per heavy atom. The summed E-state index contributed by atoms with van der Waals surface area (Å²) in [7, 11) is 0. The van der Waals surface area contributed by atoms with Crippen molar-refractivity contribution in [3.63, 3.8) is 0 Å². The highest BCUT2D eigenvalue weighted by atomic mass is 127. The van der Waals surface area contributed by atoms with Gasteiger partial charge in [-0.25, -0.2) is 0 Å². The lowest BCUT2D eigenvalue weighted by Gasteiger charge is -2.08. The number of alkyl halides is 1. The molecule has 0 amide bonds. The molecule has 2 unspecified atom stereocenters. The molecule has 0 aliphatic heterocycles. The maximum Gasteiger partial charge on any atom is 0.0902 e. The Hall–Kier alpha value is 0.620. The summed E-state index contributed by atoms with van der Waals surface area (Å²) in [4.78, 5) is 3.50. The Kier molecular flexibility index (Phi) is 5.78. The van der Waals surface area contributed by atoms with Gasteiger partial charge in [0.25, 0.3) is 0 Å².